The monoisotopic (exact) mass is 307 g/mol. The maximum Gasteiger partial charge on any atom is 0.121 e. The number of imidazole rings is 1. The third kappa shape index (κ3) is 3.21. The molecule has 0 spiro atoms. The van der Waals surface area contributed by atoms with Crippen LogP contribution in [0.4, 0.5) is 5.69 Å². The Bertz CT molecular complexity index is 818. The summed E-state index contributed by atoms with van der Waals surface area (Å²) < 4.78 is 7.76. The molecule has 0 aliphatic heterocycles. The van der Waals surface area contributed by atoms with Crippen molar-refractivity contribution in [2.24, 2.45) is 0 Å². The van der Waals surface area contributed by atoms with Gasteiger partial charge in [0.15, 0.2) is 0 Å². The minimum Gasteiger partial charge on any atom is -0.494 e. The van der Waals surface area contributed by atoms with E-state index in [0.29, 0.717) is 6.61 Å². The van der Waals surface area contributed by atoms with E-state index in [1.165, 1.54) is 5.56 Å². The lowest BCUT2D eigenvalue weighted by Gasteiger charge is -2.07. The molecule has 0 saturated carbocycles. The van der Waals surface area contributed by atoms with Crippen LogP contribution < -0.4 is 10.5 Å². The van der Waals surface area contributed by atoms with Crippen molar-refractivity contribution in [2.75, 3.05) is 12.3 Å². The fraction of sp³-hybridized carbons (Fsp3) is 0.211. The van der Waals surface area contributed by atoms with E-state index in [4.69, 9.17) is 15.5 Å². The maximum absolute atomic E-state index is 5.76. The van der Waals surface area contributed by atoms with Gasteiger partial charge in [-0.2, -0.15) is 0 Å². The van der Waals surface area contributed by atoms with Crippen molar-refractivity contribution >= 4 is 16.7 Å². The SMILES string of the molecule is C=CCn1c(Cc2ccc(N)cc2)nc2cc(OCC)ccc21. The third-order valence-electron chi connectivity index (χ3n) is 3.76. The van der Waals surface area contributed by atoms with Crippen LogP contribution in [0.1, 0.15) is 18.3 Å². The summed E-state index contributed by atoms with van der Waals surface area (Å²) in [6.07, 6.45) is 2.65. The molecule has 0 bridgehead atoms. The first-order valence-corrected chi connectivity index (χ1v) is 7.78. The van der Waals surface area contributed by atoms with Crippen LogP contribution in [0.2, 0.25) is 0 Å². The number of benzene rings is 2. The summed E-state index contributed by atoms with van der Waals surface area (Å²) >= 11 is 0. The van der Waals surface area contributed by atoms with E-state index in [1.54, 1.807) is 0 Å². The Morgan fingerprint density at radius 1 is 1.22 bits per heavy atom. The normalized spacial score (nSPS) is 10.8. The molecule has 4 nitrogen and oxygen atoms in total. The zero-order valence-electron chi connectivity index (χ0n) is 13.3. The Morgan fingerprint density at radius 3 is 2.70 bits per heavy atom. The number of aromatic nitrogens is 2. The second-order valence-corrected chi connectivity index (χ2v) is 5.43. The van der Waals surface area contributed by atoms with Gasteiger partial charge in [-0.3, -0.25) is 0 Å². The lowest BCUT2D eigenvalue weighted by molar-refractivity contribution is 0.340. The number of hydrogen-bond acceptors (Lipinski definition) is 3. The maximum atomic E-state index is 5.76. The Morgan fingerprint density at radius 2 is 2.00 bits per heavy atom. The first-order chi connectivity index (χ1) is 11.2. The molecule has 0 fully saturated rings. The van der Waals surface area contributed by atoms with Crippen LogP contribution in [0.5, 0.6) is 5.75 Å². The van der Waals surface area contributed by atoms with E-state index < -0.39 is 0 Å². The molecule has 0 saturated heterocycles. The second-order valence-electron chi connectivity index (χ2n) is 5.43. The van der Waals surface area contributed by atoms with Gasteiger partial charge in [-0.05, 0) is 36.8 Å². The lowest BCUT2D eigenvalue weighted by atomic mass is 10.1. The number of rotatable bonds is 6. The van der Waals surface area contributed by atoms with Gasteiger partial charge < -0.3 is 15.0 Å². The minimum absolute atomic E-state index is 0.650. The van der Waals surface area contributed by atoms with Gasteiger partial charge in [-0.25, -0.2) is 4.98 Å². The molecule has 118 valence electrons. The van der Waals surface area contributed by atoms with Gasteiger partial charge in [0.2, 0.25) is 0 Å². The van der Waals surface area contributed by atoms with Gasteiger partial charge in [0.1, 0.15) is 11.6 Å². The predicted octanol–water partition coefficient (Wildman–Crippen LogP) is 3.79. The topological polar surface area (TPSA) is 53.1 Å². The fourth-order valence-electron chi connectivity index (χ4n) is 2.70. The number of hydrogen-bond donors (Lipinski definition) is 1. The molecule has 2 aromatic carbocycles. The number of anilines is 1. The fourth-order valence-corrected chi connectivity index (χ4v) is 2.70. The molecule has 0 unspecified atom stereocenters. The highest BCUT2D eigenvalue weighted by Crippen LogP contribution is 2.23. The first kappa shape index (κ1) is 15.2. The highest BCUT2D eigenvalue weighted by Gasteiger charge is 2.11. The molecule has 1 heterocycles. The molecule has 1 aromatic heterocycles. The number of allylic oxidation sites excluding steroid dienone is 1. The average Bonchev–Trinajstić information content (AvgIpc) is 2.87. The molecule has 4 heteroatoms. The van der Waals surface area contributed by atoms with Gasteiger partial charge >= 0.3 is 0 Å². The minimum atomic E-state index is 0.650. The van der Waals surface area contributed by atoms with E-state index >= 15 is 0 Å². The molecule has 3 aromatic rings. The zero-order chi connectivity index (χ0) is 16.2. The average molecular weight is 307 g/mol. The Balaban J connectivity index is 2.01. The highest BCUT2D eigenvalue weighted by atomic mass is 16.5. The summed E-state index contributed by atoms with van der Waals surface area (Å²) in [6.45, 7) is 7.22. The standard InChI is InChI=1S/C19H21N3O/c1-3-11-22-18-10-9-16(23-4-2)13-17(18)21-19(22)12-14-5-7-15(20)8-6-14/h3,5-10,13H,1,4,11-12,20H2,2H3. The van der Waals surface area contributed by atoms with Gasteiger partial charge in [-0.1, -0.05) is 18.2 Å². The van der Waals surface area contributed by atoms with Gasteiger partial charge in [0.05, 0.1) is 17.6 Å². The Hall–Kier alpha value is -2.75. The number of nitrogen functional groups attached to an aromatic ring is 1. The van der Waals surface area contributed by atoms with Crippen molar-refractivity contribution < 1.29 is 4.74 Å². The summed E-state index contributed by atoms with van der Waals surface area (Å²) in [5, 5.41) is 0. The molecule has 2 N–H and O–H groups in total. The lowest BCUT2D eigenvalue weighted by Crippen LogP contribution is -2.03. The summed E-state index contributed by atoms with van der Waals surface area (Å²) in [5.74, 6) is 1.86. The van der Waals surface area contributed by atoms with Crippen LogP contribution in [0.25, 0.3) is 11.0 Å². The smallest absolute Gasteiger partial charge is 0.121 e. The van der Waals surface area contributed by atoms with E-state index in [2.05, 4.69) is 17.2 Å². The third-order valence-corrected chi connectivity index (χ3v) is 3.76. The number of nitrogens with two attached hydrogens (primary N) is 1. The van der Waals surface area contributed by atoms with Crippen molar-refractivity contribution in [3.8, 4) is 5.75 Å². The molecule has 23 heavy (non-hydrogen) atoms. The van der Waals surface area contributed by atoms with Crippen LogP contribution in [0.3, 0.4) is 0 Å². The molecule has 0 aliphatic carbocycles. The van der Waals surface area contributed by atoms with Crippen molar-refractivity contribution in [1.29, 1.82) is 0 Å². The van der Waals surface area contributed by atoms with Crippen molar-refractivity contribution in [1.82, 2.24) is 9.55 Å². The molecule has 0 atom stereocenters. The summed E-state index contributed by atoms with van der Waals surface area (Å²) in [4.78, 5) is 4.80. The van der Waals surface area contributed by atoms with E-state index in [-0.39, 0.29) is 0 Å². The molecule has 0 radical (unpaired) electrons. The second kappa shape index (κ2) is 6.57. The van der Waals surface area contributed by atoms with Gasteiger partial charge in [0.25, 0.3) is 0 Å². The van der Waals surface area contributed by atoms with Crippen molar-refractivity contribution in [3.05, 3.63) is 66.5 Å². The van der Waals surface area contributed by atoms with E-state index in [1.807, 2.05) is 49.4 Å². The Kier molecular flexibility index (Phi) is 4.33. The number of nitrogens with zero attached hydrogens (tertiary/aromatic N) is 2. The van der Waals surface area contributed by atoms with Crippen molar-refractivity contribution in [3.63, 3.8) is 0 Å². The van der Waals surface area contributed by atoms with Crippen LogP contribution in [0, 0.1) is 0 Å². The molecular weight excluding hydrogens is 286 g/mol. The molecule has 0 aliphatic rings. The van der Waals surface area contributed by atoms with Crippen LogP contribution in [0.15, 0.2) is 55.1 Å². The summed E-state index contributed by atoms with van der Waals surface area (Å²) in [6, 6.07) is 14.0. The summed E-state index contributed by atoms with van der Waals surface area (Å²) in [7, 11) is 0. The quantitative estimate of drug-likeness (QED) is 0.557. The summed E-state index contributed by atoms with van der Waals surface area (Å²) in [5.41, 5.74) is 9.76. The first-order valence-electron chi connectivity index (χ1n) is 7.78. The van der Waals surface area contributed by atoms with Crippen LogP contribution in [-0.4, -0.2) is 16.2 Å². The van der Waals surface area contributed by atoms with E-state index in [9.17, 15) is 0 Å². The largest absolute Gasteiger partial charge is 0.494 e. The zero-order valence-corrected chi connectivity index (χ0v) is 13.3. The molecular formula is C19H21N3O. The Labute approximate surface area is 136 Å². The number of fused-ring (bicyclic) bond motifs is 1. The van der Waals surface area contributed by atoms with Gasteiger partial charge in [0, 0.05) is 24.7 Å². The van der Waals surface area contributed by atoms with Crippen LogP contribution >= 0.6 is 0 Å². The van der Waals surface area contributed by atoms with Crippen LogP contribution in [-0.2, 0) is 13.0 Å². The highest BCUT2D eigenvalue weighted by molar-refractivity contribution is 5.78. The van der Waals surface area contributed by atoms with E-state index in [0.717, 1.165) is 41.3 Å². The molecule has 0 amide bonds. The van der Waals surface area contributed by atoms with Crippen molar-refractivity contribution in [2.45, 2.75) is 19.9 Å². The number of ether oxygens (including phenoxy) is 1. The predicted molar refractivity (Wildman–Crippen MR) is 94.8 cm³/mol. The molecule has 3 rings (SSSR count). The van der Waals surface area contributed by atoms with Gasteiger partial charge in [-0.15, -0.1) is 6.58 Å².